The molecule has 0 aliphatic heterocycles. The average Bonchev–Trinajstić information content (AvgIpc) is 1.83. The Balaban J connectivity index is 2.50. The summed E-state index contributed by atoms with van der Waals surface area (Å²) in [5.74, 6) is 0.514. The number of nitrogens with zero attached hydrogens (tertiary/aromatic N) is 2. The zero-order chi connectivity index (χ0) is 9.30. The molecule has 0 aromatic heterocycles. The van der Waals surface area contributed by atoms with Gasteiger partial charge < -0.3 is 10.4 Å². The molecule has 1 fully saturated rings. The highest BCUT2D eigenvalue weighted by molar-refractivity contribution is 4.96. The third kappa shape index (κ3) is 1.61. The summed E-state index contributed by atoms with van der Waals surface area (Å²) in [6.07, 6.45) is 2.03. The van der Waals surface area contributed by atoms with Crippen molar-refractivity contribution < 1.29 is 10.4 Å². The maximum Gasteiger partial charge on any atom is 0.0554 e. The third-order valence-electron chi connectivity index (χ3n) is 2.86. The zero-order valence-corrected chi connectivity index (χ0v) is 7.94. The van der Waals surface area contributed by atoms with E-state index in [0.717, 1.165) is 12.8 Å². The van der Waals surface area contributed by atoms with Crippen molar-refractivity contribution >= 4 is 0 Å². The van der Waals surface area contributed by atoms with Crippen molar-refractivity contribution in [1.82, 2.24) is 10.1 Å². The minimum Gasteiger partial charge on any atom is -0.314 e. The van der Waals surface area contributed by atoms with Crippen molar-refractivity contribution in [3.05, 3.63) is 0 Å². The third-order valence-corrected chi connectivity index (χ3v) is 2.86. The molecule has 0 aromatic rings. The fraction of sp³-hybridized carbons (Fsp3) is 1.00. The predicted octanol–water partition coefficient (Wildman–Crippen LogP) is 0.796. The molecule has 1 aliphatic rings. The lowest BCUT2D eigenvalue weighted by molar-refractivity contribution is -0.228. The molecular formula is C8H18N2O2. The maximum atomic E-state index is 9.29. The number of hydroxylamine groups is 4. The summed E-state index contributed by atoms with van der Waals surface area (Å²) in [7, 11) is 3.27. The smallest absolute Gasteiger partial charge is 0.0554 e. The highest BCUT2D eigenvalue weighted by Gasteiger charge is 2.44. The van der Waals surface area contributed by atoms with Crippen molar-refractivity contribution in [3.63, 3.8) is 0 Å². The Morgan fingerprint density at radius 1 is 1.25 bits per heavy atom. The van der Waals surface area contributed by atoms with Gasteiger partial charge in [0.1, 0.15) is 0 Å². The molecule has 0 radical (unpaired) electrons. The van der Waals surface area contributed by atoms with Gasteiger partial charge in [0.05, 0.1) is 12.1 Å². The van der Waals surface area contributed by atoms with Gasteiger partial charge in [-0.05, 0) is 12.3 Å². The van der Waals surface area contributed by atoms with E-state index in [9.17, 15) is 10.4 Å². The second kappa shape index (κ2) is 3.70. The van der Waals surface area contributed by atoms with Crippen molar-refractivity contribution in [2.24, 2.45) is 5.92 Å². The molecule has 0 aromatic carbocycles. The van der Waals surface area contributed by atoms with Gasteiger partial charge in [0, 0.05) is 14.1 Å². The molecule has 1 aliphatic carbocycles. The van der Waals surface area contributed by atoms with E-state index in [1.807, 2.05) is 0 Å². The Labute approximate surface area is 73.3 Å². The monoisotopic (exact) mass is 174 g/mol. The van der Waals surface area contributed by atoms with Crippen molar-refractivity contribution in [3.8, 4) is 0 Å². The summed E-state index contributed by atoms with van der Waals surface area (Å²) in [5.41, 5.74) is 0. The van der Waals surface area contributed by atoms with Crippen LogP contribution in [0.4, 0.5) is 0 Å². The normalized spacial score (nSPS) is 35.8. The van der Waals surface area contributed by atoms with Crippen LogP contribution < -0.4 is 0 Å². The van der Waals surface area contributed by atoms with Gasteiger partial charge in [-0.3, -0.25) is 0 Å². The number of likely N-dealkylation sites (N-methyl/N-ethyl adjacent to an activating group) is 2. The van der Waals surface area contributed by atoms with Gasteiger partial charge in [0.2, 0.25) is 0 Å². The zero-order valence-electron chi connectivity index (χ0n) is 7.94. The molecule has 12 heavy (non-hydrogen) atoms. The van der Waals surface area contributed by atoms with Gasteiger partial charge in [-0.1, -0.05) is 13.3 Å². The van der Waals surface area contributed by atoms with Crippen LogP contribution in [0, 0.1) is 5.92 Å². The van der Waals surface area contributed by atoms with E-state index in [1.54, 1.807) is 14.1 Å². The quantitative estimate of drug-likeness (QED) is 0.621. The van der Waals surface area contributed by atoms with E-state index in [1.165, 1.54) is 10.1 Å². The first kappa shape index (κ1) is 9.92. The van der Waals surface area contributed by atoms with Crippen molar-refractivity contribution in [2.75, 3.05) is 14.1 Å². The van der Waals surface area contributed by atoms with E-state index in [4.69, 9.17) is 0 Å². The average molecular weight is 174 g/mol. The predicted molar refractivity (Wildman–Crippen MR) is 45.1 cm³/mol. The van der Waals surface area contributed by atoms with Crippen LogP contribution in [0.15, 0.2) is 0 Å². The fourth-order valence-corrected chi connectivity index (χ4v) is 2.04. The number of hydrogen-bond donors (Lipinski definition) is 2. The fourth-order valence-electron chi connectivity index (χ4n) is 2.04. The summed E-state index contributed by atoms with van der Waals surface area (Å²) >= 11 is 0. The lowest BCUT2D eigenvalue weighted by Crippen LogP contribution is -2.60. The van der Waals surface area contributed by atoms with Crippen molar-refractivity contribution in [1.29, 1.82) is 0 Å². The van der Waals surface area contributed by atoms with E-state index in [0.29, 0.717) is 5.92 Å². The molecule has 0 spiro atoms. The summed E-state index contributed by atoms with van der Waals surface area (Å²) < 4.78 is 0. The minimum atomic E-state index is 0.0879. The summed E-state index contributed by atoms with van der Waals surface area (Å²) in [6, 6.07) is 0.176. The SMILES string of the molecule is CCC1CC(N(C)O)C1N(C)O. The van der Waals surface area contributed by atoms with Crippen molar-refractivity contribution in [2.45, 2.75) is 31.8 Å². The number of rotatable bonds is 3. The highest BCUT2D eigenvalue weighted by atomic mass is 16.5. The van der Waals surface area contributed by atoms with E-state index in [-0.39, 0.29) is 12.1 Å². The van der Waals surface area contributed by atoms with Crippen LogP contribution in [-0.4, -0.2) is 46.7 Å². The van der Waals surface area contributed by atoms with Crippen LogP contribution in [0.1, 0.15) is 19.8 Å². The van der Waals surface area contributed by atoms with E-state index >= 15 is 0 Å². The van der Waals surface area contributed by atoms with Gasteiger partial charge in [-0.2, -0.15) is 10.1 Å². The second-order valence-corrected chi connectivity index (χ2v) is 3.61. The number of hydrogen-bond acceptors (Lipinski definition) is 4. The van der Waals surface area contributed by atoms with Gasteiger partial charge in [0.25, 0.3) is 0 Å². The van der Waals surface area contributed by atoms with Crippen LogP contribution in [0.5, 0.6) is 0 Å². The first-order valence-electron chi connectivity index (χ1n) is 4.41. The van der Waals surface area contributed by atoms with Gasteiger partial charge in [0.15, 0.2) is 0 Å². The first-order valence-corrected chi connectivity index (χ1v) is 4.41. The summed E-state index contributed by atoms with van der Waals surface area (Å²) in [4.78, 5) is 0. The molecule has 4 nitrogen and oxygen atoms in total. The summed E-state index contributed by atoms with van der Waals surface area (Å²) in [5, 5.41) is 20.9. The molecule has 3 atom stereocenters. The Hall–Kier alpha value is -0.160. The summed E-state index contributed by atoms with van der Waals surface area (Å²) in [6.45, 7) is 2.11. The lowest BCUT2D eigenvalue weighted by Gasteiger charge is -2.48. The Kier molecular flexibility index (Phi) is 3.06. The van der Waals surface area contributed by atoms with Crippen LogP contribution in [-0.2, 0) is 0 Å². The minimum absolute atomic E-state index is 0.0879. The van der Waals surface area contributed by atoms with Gasteiger partial charge in [-0.25, -0.2) is 0 Å². The molecule has 0 amide bonds. The van der Waals surface area contributed by atoms with Crippen LogP contribution in [0.2, 0.25) is 0 Å². The first-order chi connectivity index (χ1) is 5.57. The van der Waals surface area contributed by atoms with Gasteiger partial charge in [-0.15, -0.1) is 0 Å². The Morgan fingerprint density at radius 2 is 1.83 bits per heavy atom. The molecule has 4 heteroatoms. The standard InChI is InChI=1S/C8H18N2O2/c1-4-6-5-7(9(2)11)8(6)10(3)12/h6-8,11-12H,4-5H2,1-3H3. The Bertz CT molecular complexity index is 150. The van der Waals surface area contributed by atoms with E-state index in [2.05, 4.69) is 6.92 Å². The van der Waals surface area contributed by atoms with Crippen LogP contribution >= 0.6 is 0 Å². The Morgan fingerprint density at radius 3 is 2.17 bits per heavy atom. The molecule has 3 unspecified atom stereocenters. The molecule has 2 N–H and O–H groups in total. The molecule has 0 bridgehead atoms. The van der Waals surface area contributed by atoms with Crippen LogP contribution in [0.3, 0.4) is 0 Å². The van der Waals surface area contributed by atoms with Gasteiger partial charge >= 0.3 is 0 Å². The second-order valence-electron chi connectivity index (χ2n) is 3.61. The molecule has 1 rings (SSSR count). The van der Waals surface area contributed by atoms with E-state index < -0.39 is 0 Å². The molecule has 0 heterocycles. The molecule has 1 saturated carbocycles. The molecular weight excluding hydrogens is 156 g/mol. The largest absolute Gasteiger partial charge is 0.314 e. The van der Waals surface area contributed by atoms with Crippen LogP contribution in [0.25, 0.3) is 0 Å². The molecule has 0 saturated heterocycles. The lowest BCUT2D eigenvalue weighted by atomic mass is 9.73. The highest BCUT2D eigenvalue weighted by Crippen LogP contribution is 2.35. The maximum absolute atomic E-state index is 9.29. The topological polar surface area (TPSA) is 46.9 Å². The molecule has 72 valence electrons.